The van der Waals surface area contributed by atoms with E-state index < -0.39 is 6.04 Å². The highest BCUT2D eigenvalue weighted by Crippen LogP contribution is 2.24. The van der Waals surface area contributed by atoms with Crippen LogP contribution in [0.5, 0.6) is 11.5 Å². The van der Waals surface area contributed by atoms with Crippen molar-refractivity contribution in [1.82, 2.24) is 5.32 Å². The highest BCUT2D eigenvalue weighted by molar-refractivity contribution is 5.81. The maximum atomic E-state index is 11.9. The molecular formula is C17H20N2O3. The van der Waals surface area contributed by atoms with E-state index in [0.29, 0.717) is 19.4 Å². The van der Waals surface area contributed by atoms with Crippen molar-refractivity contribution in [2.45, 2.75) is 18.9 Å². The summed E-state index contributed by atoms with van der Waals surface area (Å²) in [6.07, 6.45) is 1.05. The van der Waals surface area contributed by atoms with Gasteiger partial charge in [-0.3, -0.25) is 4.79 Å². The second-order valence-corrected chi connectivity index (χ2v) is 5.16. The lowest BCUT2D eigenvalue weighted by Gasteiger charge is -2.12. The van der Waals surface area contributed by atoms with E-state index in [2.05, 4.69) is 5.32 Å². The molecule has 0 fully saturated rings. The fourth-order valence-electron chi connectivity index (χ4n) is 2.15. The zero-order valence-electron chi connectivity index (χ0n) is 12.2. The molecule has 2 aromatic carbocycles. The number of nitrogens with one attached hydrogen (secondary N) is 1. The average molecular weight is 300 g/mol. The van der Waals surface area contributed by atoms with Crippen molar-refractivity contribution < 1.29 is 15.0 Å². The predicted octanol–water partition coefficient (Wildman–Crippen LogP) is 1.33. The number of amides is 1. The van der Waals surface area contributed by atoms with Gasteiger partial charge < -0.3 is 21.3 Å². The van der Waals surface area contributed by atoms with Crippen molar-refractivity contribution >= 4 is 5.91 Å². The Labute approximate surface area is 129 Å². The molecule has 5 N–H and O–H groups in total. The molecule has 2 rings (SSSR count). The summed E-state index contributed by atoms with van der Waals surface area (Å²) >= 11 is 0. The number of carbonyl (C=O) groups excluding carboxylic acids is 1. The molecule has 0 saturated carbocycles. The molecule has 1 atom stereocenters. The van der Waals surface area contributed by atoms with Crippen molar-refractivity contribution in [2.75, 3.05) is 6.54 Å². The van der Waals surface area contributed by atoms with Crippen LogP contribution in [0.4, 0.5) is 0 Å². The Morgan fingerprint density at radius 2 is 1.77 bits per heavy atom. The van der Waals surface area contributed by atoms with Gasteiger partial charge in [-0.1, -0.05) is 36.4 Å². The lowest BCUT2D eigenvalue weighted by molar-refractivity contribution is -0.122. The Morgan fingerprint density at radius 3 is 2.45 bits per heavy atom. The van der Waals surface area contributed by atoms with E-state index >= 15 is 0 Å². The SMILES string of the molecule is N[C@@H](Cc1ccccc1)C(=O)NCCc1ccc(O)c(O)c1. The van der Waals surface area contributed by atoms with Gasteiger partial charge in [0.05, 0.1) is 6.04 Å². The van der Waals surface area contributed by atoms with E-state index in [1.54, 1.807) is 6.07 Å². The summed E-state index contributed by atoms with van der Waals surface area (Å²) < 4.78 is 0. The Hall–Kier alpha value is -2.53. The maximum absolute atomic E-state index is 11.9. The molecule has 2 aromatic rings. The number of carbonyl (C=O) groups is 1. The highest BCUT2D eigenvalue weighted by atomic mass is 16.3. The molecule has 0 aliphatic heterocycles. The normalized spacial score (nSPS) is 11.9. The minimum absolute atomic E-state index is 0.155. The minimum atomic E-state index is -0.587. The van der Waals surface area contributed by atoms with Crippen LogP contribution in [0, 0.1) is 0 Å². The second-order valence-electron chi connectivity index (χ2n) is 5.16. The summed E-state index contributed by atoms with van der Waals surface area (Å²) in [5, 5.41) is 21.4. The van der Waals surface area contributed by atoms with E-state index in [-0.39, 0.29) is 17.4 Å². The van der Waals surface area contributed by atoms with Gasteiger partial charge in [-0.25, -0.2) is 0 Å². The number of benzene rings is 2. The zero-order valence-corrected chi connectivity index (χ0v) is 12.2. The molecule has 0 radical (unpaired) electrons. The van der Waals surface area contributed by atoms with Gasteiger partial charge in [0.2, 0.25) is 5.91 Å². The lowest BCUT2D eigenvalue weighted by atomic mass is 10.1. The molecule has 0 spiro atoms. The maximum Gasteiger partial charge on any atom is 0.237 e. The largest absolute Gasteiger partial charge is 0.504 e. The molecule has 0 aliphatic rings. The second kappa shape index (κ2) is 7.47. The number of phenolic OH excluding ortho intramolecular Hbond substituents is 2. The fourth-order valence-corrected chi connectivity index (χ4v) is 2.15. The molecule has 0 heterocycles. The molecule has 0 aliphatic carbocycles. The van der Waals surface area contributed by atoms with E-state index in [1.807, 2.05) is 30.3 Å². The molecule has 22 heavy (non-hydrogen) atoms. The first-order valence-electron chi connectivity index (χ1n) is 7.14. The van der Waals surface area contributed by atoms with Gasteiger partial charge in [0.15, 0.2) is 11.5 Å². The van der Waals surface area contributed by atoms with E-state index in [9.17, 15) is 15.0 Å². The Bertz CT molecular complexity index is 629. The molecule has 5 heteroatoms. The smallest absolute Gasteiger partial charge is 0.237 e. The van der Waals surface area contributed by atoms with Gasteiger partial charge in [-0.15, -0.1) is 0 Å². The number of phenols is 2. The molecule has 0 unspecified atom stereocenters. The lowest BCUT2D eigenvalue weighted by Crippen LogP contribution is -2.42. The fraction of sp³-hybridized carbons (Fsp3) is 0.235. The van der Waals surface area contributed by atoms with Crippen molar-refractivity contribution in [3.63, 3.8) is 0 Å². The molecule has 116 valence electrons. The van der Waals surface area contributed by atoms with Gasteiger partial charge in [0.1, 0.15) is 0 Å². The van der Waals surface area contributed by atoms with Crippen LogP contribution < -0.4 is 11.1 Å². The summed E-state index contributed by atoms with van der Waals surface area (Å²) in [6.45, 7) is 0.422. The van der Waals surface area contributed by atoms with Crippen molar-refractivity contribution in [1.29, 1.82) is 0 Å². The molecule has 0 bridgehead atoms. The van der Waals surface area contributed by atoms with Crippen LogP contribution in [-0.4, -0.2) is 28.7 Å². The van der Waals surface area contributed by atoms with Gasteiger partial charge in [-0.05, 0) is 36.1 Å². The van der Waals surface area contributed by atoms with Crippen LogP contribution in [0.3, 0.4) is 0 Å². The van der Waals surface area contributed by atoms with Gasteiger partial charge in [0.25, 0.3) is 0 Å². The first kappa shape index (κ1) is 15.9. The third-order valence-corrected chi connectivity index (χ3v) is 3.39. The summed E-state index contributed by atoms with van der Waals surface area (Å²) in [5.41, 5.74) is 7.74. The Morgan fingerprint density at radius 1 is 1.05 bits per heavy atom. The van der Waals surface area contributed by atoms with Gasteiger partial charge >= 0.3 is 0 Å². The summed E-state index contributed by atoms with van der Waals surface area (Å²) in [7, 11) is 0. The van der Waals surface area contributed by atoms with Crippen LogP contribution in [0.2, 0.25) is 0 Å². The van der Waals surface area contributed by atoms with Crippen LogP contribution in [0.15, 0.2) is 48.5 Å². The molecule has 1 amide bonds. The molecule has 0 aromatic heterocycles. The van der Waals surface area contributed by atoms with Gasteiger partial charge in [-0.2, -0.15) is 0 Å². The number of aromatic hydroxyl groups is 2. The molecular weight excluding hydrogens is 280 g/mol. The van der Waals surface area contributed by atoms with Crippen LogP contribution >= 0.6 is 0 Å². The Balaban J connectivity index is 1.78. The van der Waals surface area contributed by atoms with E-state index in [1.165, 1.54) is 12.1 Å². The monoisotopic (exact) mass is 300 g/mol. The Kier molecular flexibility index (Phi) is 5.38. The van der Waals surface area contributed by atoms with Gasteiger partial charge in [0, 0.05) is 6.54 Å². The molecule has 0 saturated heterocycles. The number of hydrogen-bond acceptors (Lipinski definition) is 4. The van der Waals surface area contributed by atoms with Crippen molar-refractivity contribution in [3.8, 4) is 11.5 Å². The predicted molar refractivity (Wildman–Crippen MR) is 84.6 cm³/mol. The van der Waals surface area contributed by atoms with E-state index in [0.717, 1.165) is 11.1 Å². The van der Waals surface area contributed by atoms with E-state index in [4.69, 9.17) is 5.73 Å². The van der Waals surface area contributed by atoms with Crippen LogP contribution in [-0.2, 0) is 17.6 Å². The highest BCUT2D eigenvalue weighted by Gasteiger charge is 2.13. The van der Waals surface area contributed by atoms with Crippen LogP contribution in [0.1, 0.15) is 11.1 Å². The first-order chi connectivity index (χ1) is 10.6. The zero-order chi connectivity index (χ0) is 15.9. The van der Waals surface area contributed by atoms with Crippen LogP contribution in [0.25, 0.3) is 0 Å². The number of hydrogen-bond donors (Lipinski definition) is 4. The minimum Gasteiger partial charge on any atom is -0.504 e. The van der Waals surface area contributed by atoms with Crippen molar-refractivity contribution in [2.24, 2.45) is 5.73 Å². The third-order valence-electron chi connectivity index (χ3n) is 3.39. The van der Waals surface area contributed by atoms with Crippen molar-refractivity contribution in [3.05, 3.63) is 59.7 Å². The quantitative estimate of drug-likeness (QED) is 0.605. The summed E-state index contributed by atoms with van der Waals surface area (Å²) in [6, 6.07) is 13.6. The average Bonchev–Trinajstić information content (AvgIpc) is 2.51. The first-order valence-corrected chi connectivity index (χ1v) is 7.14. The molecule has 5 nitrogen and oxygen atoms in total. The standard InChI is InChI=1S/C17H20N2O3/c18-14(10-12-4-2-1-3-5-12)17(22)19-9-8-13-6-7-15(20)16(21)11-13/h1-7,11,14,20-21H,8-10,18H2,(H,19,22)/t14-/m0/s1. The summed E-state index contributed by atoms with van der Waals surface area (Å²) in [4.78, 5) is 11.9. The number of rotatable bonds is 6. The topological polar surface area (TPSA) is 95.6 Å². The number of nitrogens with two attached hydrogens (primary N) is 1. The summed E-state index contributed by atoms with van der Waals surface area (Å²) in [5.74, 6) is -0.519. The third kappa shape index (κ3) is 4.49.